The molecule has 21 heavy (non-hydrogen) atoms. The Morgan fingerprint density at radius 3 is 2.67 bits per heavy atom. The lowest BCUT2D eigenvalue weighted by atomic mass is 10.1. The van der Waals surface area contributed by atoms with Crippen molar-refractivity contribution in [3.8, 4) is 5.75 Å². The van der Waals surface area contributed by atoms with E-state index in [1.54, 1.807) is 24.3 Å². The Morgan fingerprint density at radius 2 is 1.86 bits per heavy atom. The molecule has 3 rings (SSSR count). The van der Waals surface area contributed by atoms with Gasteiger partial charge in [-0.1, -0.05) is 36.4 Å². The van der Waals surface area contributed by atoms with Crippen LogP contribution in [0.2, 0.25) is 0 Å². The van der Waals surface area contributed by atoms with Gasteiger partial charge in [-0.3, -0.25) is 0 Å². The van der Waals surface area contributed by atoms with Crippen LogP contribution in [0.25, 0.3) is 0 Å². The van der Waals surface area contributed by atoms with Crippen molar-refractivity contribution in [1.29, 1.82) is 0 Å². The van der Waals surface area contributed by atoms with Crippen LogP contribution in [-0.2, 0) is 16.6 Å². The number of hydrogen-bond acceptors (Lipinski definition) is 4. The van der Waals surface area contributed by atoms with Gasteiger partial charge in [0.05, 0.1) is 10.9 Å². The summed E-state index contributed by atoms with van der Waals surface area (Å²) in [5, 5.41) is 0. The van der Waals surface area contributed by atoms with E-state index >= 15 is 0 Å². The van der Waals surface area contributed by atoms with E-state index in [0.717, 1.165) is 11.3 Å². The number of benzene rings is 2. The third kappa shape index (κ3) is 2.65. The molecule has 3 N–H and O–H groups in total. The largest absolute Gasteiger partial charge is 0.491 e. The Hall–Kier alpha value is -1.89. The predicted molar refractivity (Wildman–Crippen MR) is 79.3 cm³/mol. The molecule has 1 unspecified atom stereocenters. The highest BCUT2D eigenvalue weighted by molar-refractivity contribution is 7.89. The number of nitrogens with two attached hydrogens (primary N) is 1. The van der Waals surface area contributed by atoms with Crippen LogP contribution in [0.15, 0.2) is 53.4 Å². The number of rotatable bonds is 4. The minimum Gasteiger partial charge on any atom is -0.491 e. The number of para-hydroxylation sites is 1. The van der Waals surface area contributed by atoms with Crippen molar-refractivity contribution in [2.45, 2.75) is 17.5 Å². The normalized spacial score (nSPS) is 17.3. The lowest BCUT2D eigenvalue weighted by molar-refractivity contribution is 0.325. The SMILES string of the molecule is NCc1ccccc1S(=O)(=O)NC1COc2ccccc21. The molecule has 1 atom stereocenters. The topological polar surface area (TPSA) is 81.4 Å². The Labute approximate surface area is 123 Å². The summed E-state index contributed by atoms with van der Waals surface area (Å²) in [6, 6.07) is 13.8. The summed E-state index contributed by atoms with van der Waals surface area (Å²) in [6.07, 6.45) is 0. The maximum absolute atomic E-state index is 12.6. The second-order valence-electron chi connectivity index (χ2n) is 4.83. The monoisotopic (exact) mass is 304 g/mol. The molecule has 5 nitrogen and oxygen atoms in total. The quantitative estimate of drug-likeness (QED) is 0.898. The van der Waals surface area contributed by atoms with Gasteiger partial charge in [0, 0.05) is 12.1 Å². The highest BCUT2D eigenvalue weighted by Gasteiger charge is 2.29. The molecule has 0 bridgehead atoms. The highest BCUT2D eigenvalue weighted by atomic mass is 32.2. The van der Waals surface area contributed by atoms with E-state index in [4.69, 9.17) is 10.5 Å². The van der Waals surface area contributed by atoms with Crippen LogP contribution in [0, 0.1) is 0 Å². The van der Waals surface area contributed by atoms with E-state index in [2.05, 4.69) is 4.72 Å². The smallest absolute Gasteiger partial charge is 0.241 e. The lowest BCUT2D eigenvalue weighted by Crippen LogP contribution is -2.30. The van der Waals surface area contributed by atoms with Gasteiger partial charge in [-0.15, -0.1) is 0 Å². The molecule has 6 heteroatoms. The minimum absolute atomic E-state index is 0.175. The second kappa shape index (κ2) is 5.48. The molecular weight excluding hydrogens is 288 g/mol. The summed E-state index contributed by atoms with van der Waals surface area (Å²) in [6.45, 7) is 0.470. The van der Waals surface area contributed by atoms with E-state index in [-0.39, 0.29) is 17.5 Å². The first-order valence-corrected chi connectivity index (χ1v) is 8.12. The Bertz CT molecular complexity index is 759. The molecule has 0 spiro atoms. The molecule has 1 aliphatic rings. The van der Waals surface area contributed by atoms with Crippen LogP contribution in [0.1, 0.15) is 17.2 Å². The summed E-state index contributed by atoms with van der Waals surface area (Å²) in [5.41, 5.74) is 7.06. The molecule has 0 saturated heterocycles. The molecule has 2 aromatic carbocycles. The third-order valence-corrected chi connectivity index (χ3v) is 5.05. The summed E-state index contributed by atoms with van der Waals surface area (Å²) < 4.78 is 33.3. The Kier molecular flexibility index (Phi) is 3.67. The van der Waals surface area contributed by atoms with Crippen molar-refractivity contribution in [2.75, 3.05) is 6.61 Å². The van der Waals surface area contributed by atoms with E-state index in [1.807, 2.05) is 24.3 Å². The maximum Gasteiger partial charge on any atom is 0.241 e. The van der Waals surface area contributed by atoms with Gasteiger partial charge in [0.1, 0.15) is 12.4 Å². The first-order valence-electron chi connectivity index (χ1n) is 6.64. The molecule has 0 aliphatic carbocycles. The number of hydrogen-bond donors (Lipinski definition) is 2. The van der Waals surface area contributed by atoms with Crippen molar-refractivity contribution in [1.82, 2.24) is 4.72 Å². The van der Waals surface area contributed by atoms with Gasteiger partial charge < -0.3 is 10.5 Å². The Balaban J connectivity index is 1.91. The van der Waals surface area contributed by atoms with Crippen molar-refractivity contribution < 1.29 is 13.2 Å². The first kappa shape index (κ1) is 14.1. The van der Waals surface area contributed by atoms with Crippen LogP contribution >= 0.6 is 0 Å². The van der Waals surface area contributed by atoms with Crippen molar-refractivity contribution in [2.24, 2.45) is 5.73 Å². The number of sulfonamides is 1. The highest BCUT2D eigenvalue weighted by Crippen LogP contribution is 2.32. The molecule has 110 valence electrons. The number of ether oxygens (including phenoxy) is 1. The summed E-state index contributed by atoms with van der Waals surface area (Å²) in [7, 11) is -3.64. The van der Waals surface area contributed by atoms with E-state index in [0.29, 0.717) is 12.2 Å². The third-order valence-electron chi connectivity index (χ3n) is 3.48. The van der Waals surface area contributed by atoms with Crippen LogP contribution in [0.4, 0.5) is 0 Å². The molecule has 0 amide bonds. The van der Waals surface area contributed by atoms with Gasteiger partial charge in [0.2, 0.25) is 10.0 Å². The van der Waals surface area contributed by atoms with Crippen LogP contribution in [0.3, 0.4) is 0 Å². The molecule has 0 fully saturated rings. The minimum atomic E-state index is -3.64. The zero-order chi connectivity index (χ0) is 14.9. The van der Waals surface area contributed by atoms with E-state index in [9.17, 15) is 8.42 Å². The molecular formula is C15H16N2O3S. The van der Waals surface area contributed by atoms with Gasteiger partial charge in [0.15, 0.2) is 0 Å². The molecule has 1 heterocycles. The summed E-state index contributed by atoms with van der Waals surface area (Å²) in [5.74, 6) is 0.720. The lowest BCUT2D eigenvalue weighted by Gasteiger charge is -2.14. The summed E-state index contributed by atoms with van der Waals surface area (Å²) in [4.78, 5) is 0.219. The van der Waals surface area contributed by atoms with Crippen LogP contribution in [0.5, 0.6) is 5.75 Å². The zero-order valence-corrected chi connectivity index (χ0v) is 12.1. The molecule has 0 radical (unpaired) electrons. The Morgan fingerprint density at radius 1 is 1.14 bits per heavy atom. The van der Waals surface area contributed by atoms with Crippen LogP contribution in [-0.4, -0.2) is 15.0 Å². The summed E-state index contributed by atoms with van der Waals surface area (Å²) >= 11 is 0. The average Bonchev–Trinajstić information content (AvgIpc) is 2.90. The molecule has 0 saturated carbocycles. The van der Waals surface area contributed by atoms with Gasteiger partial charge in [-0.25, -0.2) is 13.1 Å². The van der Waals surface area contributed by atoms with Crippen LogP contribution < -0.4 is 15.2 Å². The fraction of sp³-hybridized carbons (Fsp3) is 0.200. The fourth-order valence-electron chi connectivity index (χ4n) is 2.45. The average molecular weight is 304 g/mol. The van der Waals surface area contributed by atoms with Crippen molar-refractivity contribution in [3.05, 3.63) is 59.7 Å². The first-order chi connectivity index (χ1) is 10.1. The van der Waals surface area contributed by atoms with E-state index < -0.39 is 10.0 Å². The van der Waals surface area contributed by atoms with Gasteiger partial charge >= 0.3 is 0 Å². The standard InChI is InChI=1S/C15H16N2O3S/c16-9-11-5-1-4-8-15(11)21(18,19)17-13-10-20-14-7-3-2-6-12(13)14/h1-8,13,17H,9-10,16H2. The van der Waals surface area contributed by atoms with Gasteiger partial charge in [-0.2, -0.15) is 0 Å². The second-order valence-corrected chi connectivity index (χ2v) is 6.52. The molecule has 0 aromatic heterocycles. The number of nitrogens with one attached hydrogen (secondary N) is 1. The number of fused-ring (bicyclic) bond motifs is 1. The fourth-order valence-corrected chi connectivity index (χ4v) is 3.90. The van der Waals surface area contributed by atoms with E-state index in [1.165, 1.54) is 0 Å². The molecule has 2 aromatic rings. The van der Waals surface area contributed by atoms with Gasteiger partial charge in [0.25, 0.3) is 0 Å². The maximum atomic E-state index is 12.6. The zero-order valence-electron chi connectivity index (χ0n) is 11.3. The predicted octanol–water partition coefficient (Wildman–Crippen LogP) is 1.56. The van der Waals surface area contributed by atoms with Gasteiger partial charge in [-0.05, 0) is 17.7 Å². The van der Waals surface area contributed by atoms with Crippen molar-refractivity contribution >= 4 is 10.0 Å². The van der Waals surface area contributed by atoms with Crippen molar-refractivity contribution in [3.63, 3.8) is 0 Å². The molecule has 1 aliphatic heterocycles.